The molecule has 5 nitrogen and oxygen atoms in total. The highest BCUT2D eigenvalue weighted by atomic mass is 32.2. The van der Waals surface area contributed by atoms with Gasteiger partial charge in [-0.15, -0.1) is 0 Å². The second-order valence-electron chi connectivity index (χ2n) is 5.44. The molecule has 0 radical (unpaired) electrons. The van der Waals surface area contributed by atoms with Crippen LogP contribution in [0.2, 0.25) is 0 Å². The second-order valence-corrected chi connectivity index (χ2v) is 7.82. The first-order valence-electron chi connectivity index (χ1n) is 7.40. The second kappa shape index (κ2) is 7.64. The van der Waals surface area contributed by atoms with E-state index < -0.39 is 20.6 Å². The fourth-order valence-corrected chi connectivity index (χ4v) is 3.92. The third kappa shape index (κ3) is 3.93. The van der Waals surface area contributed by atoms with Crippen LogP contribution in [0.5, 0.6) is 5.75 Å². The van der Waals surface area contributed by atoms with Gasteiger partial charge < -0.3 is 9.47 Å². The first kappa shape index (κ1) is 19.2. The first-order valence-corrected chi connectivity index (χ1v) is 8.89. The molecule has 0 aliphatic carbocycles. The number of hydrogen-bond donors (Lipinski definition) is 0. The summed E-state index contributed by atoms with van der Waals surface area (Å²) in [6, 6.07) is 6.00. The predicted molar refractivity (Wildman–Crippen MR) is 89.3 cm³/mol. The van der Waals surface area contributed by atoms with Gasteiger partial charge in [-0.1, -0.05) is 11.6 Å². The molecule has 1 aromatic carbocycles. The van der Waals surface area contributed by atoms with Crippen molar-refractivity contribution in [2.24, 2.45) is 0 Å². The Kier molecular flexibility index (Phi) is 6.38. The highest BCUT2D eigenvalue weighted by Gasteiger charge is 2.48. The van der Waals surface area contributed by atoms with Gasteiger partial charge in [0.05, 0.1) is 18.6 Å². The van der Waals surface area contributed by atoms with Crippen LogP contribution >= 0.6 is 0 Å². The SMILES string of the molecule is C/C=C(\C)CC(C)(C(=O)OCC)S(=O)(=O)c1ccc(OC)cc1. The lowest BCUT2D eigenvalue weighted by Crippen LogP contribution is -2.45. The molecule has 1 unspecified atom stereocenters. The number of rotatable bonds is 7. The molecule has 23 heavy (non-hydrogen) atoms. The maximum atomic E-state index is 13.1. The number of methoxy groups -OCH3 is 1. The Morgan fingerprint density at radius 3 is 2.26 bits per heavy atom. The van der Waals surface area contributed by atoms with Crippen LogP contribution in [-0.4, -0.2) is 32.9 Å². The molecule has 0 saturated carbocycles. The Labute approximate surface area is 138 Å². The molecule has 0 spiro atoms. The van der Waals surface area contributed by atoms with Crippen molar-refractivity contribution in [2.75, 3.05) is 13.7 Å². The van der Waals surface area contributed by atoms with Gasteiger partial charge in [0.15, 0.2) is 14.6 Å². The average molecular weight is 340 g/mol. The summed E-state index contributed by atoms with van der Waals surface area (Å²) in [5.74, 6) is -0.191. The van der Waals surface area contributed by atoms with Crippen LogP contribution < -0.4 is 4.74 Å². The van der Waals surface area contributed by atoms with Crippen molar-refractivity contribution in [3.63, 3.8) is 0 Å². The smallest absolute Gasteiger partial charge is 0.327 e. The summed E-state index contributed by atoms with van der Waals surface area (Å²) in [5, 5.41) is 0. The monoisotopic (exact) mass is 340 g/mol. The molecule has 0 heterocycles. The maximum Gasteiger partial charge on any atom is 0.327 e. The molecule has 0 aliphatic rings. The van der Waals surface area contributed by atoms with Crippen molar-refractivity contribution in [2.45, 2.75) is 43.8 Å². The fraction of sp³-hybridized carbons (Fsp3) is 0.471. The van der Waals surface area contributed by atoms with Crippen molar-refractivity contribution >= 4 is 15.8 Å². The first-order chi connectivity index (χ1) is 10.7. The number of ether oxygens (including phenoxy) is 2. The molecule has 0 aliphatic heterocycles. The van der Waals surface area contributed by atoms with Gasteiger partial charge in [0.25, 0.3) is 0 Å². The van der Waals surface area contributed by atoms with Crippen LogP contribution in [0.25, 0.3) is 0 Å². The quantitative estimate of drug-likeness (QED) is 0.563. The Hall–Kier alpha value is -1.82. The number of benzene rings is 1. The molecule has 0 saturated heterocycles. The zero-order valence-corrected chi connectivity index (χ0v) is 15.1. The van der Waals surface area contributed by atoms with E-state index in [2.05, 4.69) is 0 Å². The normalized spacial score (nSPS) is 14.9. The van der Waals surface area contributed by atoms with Gasteiger partial charge in [0.1, 0.15) is 5.75 Å². The lowest BCUT2D eigenvalue weighted by molar-refractivity contribution is -0.145. The van der Waals surface area contributed by atoms with E-state index >= 15 is 0 Å². The van der Waals surface area contributed by atoms with E-state index in [0.717, 1.165) is 5.57 Å². The number of sulfone groups is 1. The minimum absolute atomic E-state index is 0.0674. The zero-order chi connectivity index (χ0) is 17.7. The lowest BCUT2D eigenvalue weighted by atomic mass is 10.0. The van der Waals surface area contributed by atoms with Crippen LogP contribution in [0.15, 0.2) is 40.8 Å². The number of hydrogen-bond acceptors (Lipinski definition) is 5. The summed E-state index contributed by atoms with van der Waals surface area (Å²) in [4.78, 5) is 12.5. The Bertz CT molecular complexity index is 673. The van der Waals surface area contributed by atoms with Gasteiger partial charge in [-0.3, -0.25) is 4.79 Å². The minimum atomic E-state index is -3.92. The van der Waals surface area contributed by atoms with Gasteiger partial charge in [0, 0.05) is 0 Å². The topological polar surface area (TPSA) is 69.7 Å². The largest absolute Gasteiger partial charge is 0.497 e. The maximum absolute atomic E-state index is 13.1. The molecule has 6 heteroatoms. The Balaban J connectivity index is 3.40. The minimum Gasteiger partial charge on any atom is -0.497 e. The van der Waals surface area contributed by atoms with Crippen LogP contribution in [0.4, 0.5) is 0 Å². The van der Waals surface area contributed by atoms with E-state index in [1.165, 1.54) is 26.2 Å². The van der Waals surface area contributed by atoms with E-state index in [9.17, 15) is 13.2 Å². The number of carbonyl (C=O) groups is 1. The summed E-state index contributed by atoms with van der Waals surface area (Å²) in [6.07, 6.45) is 1.87. The van der Waals surface area contributed by atoms with Gasteiger partial charge in [0.2, 0.25) is 0 Å². The van der Waals surface area contributed by atoms with Crippen molar-refractivity contribution in [3.05, 3.63) is 35.9 Å². The van der Waals surface area contributed by atoms with Crippen molar-refractivity contribution in [3.8, 4) is 5.75 Å². The lowest BCUT2D eigenvalue weighted by Gasteiger charge is -2.27. The van der Waals surface area contributed by atoms with E-state index in [-0.39, 0.29) is 17.9 Å². The van der Waals surface area contributed by atoms with Gasteiger partial charge in [-0.05, 0) is 58.4 Å². The zero-order valence-electron chi connectivity index (χ0n) is 14.3. The molecule has 128 valence electrons. The molecule has 0 fully saturated rings. The van der Waals surface area contributed by atoms with Crippen LogP contribution in [-0.2, 0) is 19.4 Å². The number of esters is 1. The van der Waals surface area contributed by atoms with Crippen molar-refractivity contribution < 1.29 is 22.7 Å². The standard InChI is InChI=1S/C17H24O5S/c1-6-13(3)12-17(4,16(18)22-7-2)23(19,20)15-10-8-14(21-5)9-11-15/h6,8-11H,7,12H2,1-5H3/b13-6+. The fourth-order valence-electron chi connectivity index (χ4n) is 2.21. The van der Waals surface area contributed by atoms with Crippen LogP contribution in [0, 0.1) is 0 Å². The van der Waals surface area contributed by atoms with E-state index in [1.54, 1.807) is 39.0 Å². The summed E-state index contributed by atoms with van der Waals surface area (Å²) in [5.41, 5.74) is 0.803. The molecule has 0 amide bonds. The van der Waals surface area contributed by atoms with E-state index in [4.69, 9.17) is 9.47 Å². The molecule has 1 atom stereocenters. The van der Waals surface area contributed by atoms with Gasteiger partial charge in [-0.2, -0.15) is 0 Å². The predicted octanol–water partition coefficient (Wildman–Crippen LogP) is 3.15. The molecule has 0 N–H and O–H groups in total. The van der Waals surface area contributed by atoms with Crippen molar-refractivity contribution in [1.29, 1.82) is 0 Å². The molecule has 1 rings (SSSR count). The highest BCUT2D eigenvalue weighted by Crippen LogP contribution is 2.33. The summed E-state index contributed by atoms with van der Waals surface area (Å²) in [7, 11) is -2.42. The molecule has 1 aromatic rings. The number of carbonyl (C=O) groups excluding carboxylic acids is 1. The van der Waals surface area contributed by atoms with Crippen molar-refractivity contribution in [1.82, 2.24) is 0 Å². The Morgan fingerprint density at radius 1 is 1.26 bits per heavy atom. The molecule has 0 aromatic heterocycles. The summed E-state index contributed by atoms with van der Waals surface area (Å²) < 4.78 is 34.5. The van der Waals surface area contributed by atoms with Crippen LogP contribution in [0.3, 0.4) is 0 Å². The average Bonchev–Trinajstić information content (AvgIpc) is 2.54. The molecular formula is C17H24O5S. The van der Waals surface area contributed by atoms with Gasteiger partial charge >= 0.3 is 5.97 Å². The van der Waals surface area contributed by atoms with Crippen LogP contribution in [0.1, 0.15) is 34.1 Å². The highest BCUT2D eigenvalue weighted by molar-refractivity contribution is 7.93. The molecular weight excluding hydrogens is 316 g/mol. The summed E-state index contributed by atoms with van der Waals surface area (Å²) in [6.45, 7) is 6.79. The summed E-state index contributed by atoms with van der Waals surface area (Å²) >= 11 is 0. The third-order valence-corrected chi connectivity index (χ3v) is 6.17. The van der Waals surface area contributed by atoms with E-state index in [0.29, 0.717) is 5.75 Å². The van der Waals surface area contributed by atoms with E-state index in [1.807, 2.05) is 0 Å². The number of allylic oxidation sites excluding steroid dienone is 2. The molecule has 0 bridgehead atoms. The van der Waals surface area contributed by atoms with Gasteiger partial charge in [-0.25, -0.2) is 8.42 Å². The third-order valence-electron chi connectivity index (χ3n) is 3.78. The Morgan fingerprint density at radius 2 is 1.83 bits per heavy atom.